The van der Waals surface area contributed by atoms with Gasteiger partial charge in [0.15, 0.2) is 5.82 Å². The highest BCUT2D eigenvalue weighted by molar-refractivity contribution is 6.09. The van der Waals surface area contributed by atoms with Crippen molar-refractivity contribution < 1.29 is 4.42 Å². The predicted octanol–water partition coefficient (Wildman–Crippen LogP) is 8.44. The molecule has 0 saturated carbocycles. The Morgan fingerprint density at radius 3 is 2.11 bits per heavy atom. The number of fused-ring (bicyclic) bond motifs is 3. The molecule has 0 spiro atoms. The molecule has 7 aromatic rings. The molecule has 3 aromatic heterocycles. The van der Waals surface area contributed by atoms with E-state index in [0.717, 1.165) is 61.3 Å². The van der Waals surface area contributed by atoms with Gasteiger partial charge in [0, 0.05) is 39.2 Å². The van der Waals surface area contributed by atoms with Crippen molar-refractivity contribution in [1.82, 2.24) is 15.0 Å². The molecule has 0 fully saturated rings. The van der Waals surface area contributed by atoms with E-state index in [4.69, 9.17) is 14.4 Å². The molecule has 3 heterocycles. The Bertz CT molecular complexity index is 1880. The Hall–Kier alpha value is -5.09. The molecule has 4 heteroatoms. The molecule has 0 aliphatic heterocycles. The smallest absolute Gasteiger partial charge is 0.160 e. The number of aromatic nitrogens is 3. The van der Waals surface area contributed by atoms with E-state index in [2.05, 4.69) is 53.5 Å². The minimum Gasteiger partial charge on any atom is -0.455 e. The van der Waals surface area contributed by atoms with Gasteiger partial charge >= 0.3 is 0 Å². The van der Waals surface area contributed by atoms with Crippen molar-refractivity contribution in [2.75, 3.05) is 0 Å². The number of pyridine rings is 1. The van der Waals surface area contributed by atoms with Gasteiger partial charge in [-0.3, -0.25) is 4.98 Å². The topological polar surface area (TPSA) is 51.8 Å². The van der Waals surface area contributed by atoms with Crippen LogP contribution < -0.4 is 0 Å². The van der Waals surface area contributed by atoms with Crippen LogP contribution in [-0.4, -0.2) is 15.0 Å². The lowest BCUT2D eigenvalue weighted by atomic mass is 10.0. The van der Waals surface area contributed by atoms with Crippen molar-refractivity contribution in [3.63, 3.8) is 0 Å². The number of hydrogen-bond acceptors (Lipinski definition) is 4. The normalized spacial score (nSPS) is 11.2. The van der Waals surface area contributed by atoms with Gasteiger partial charge in [-0.2, -0.15) is 0 Å². The van der Waals surface area contributed by atoms with Crippen molar-refractivity contribution >= 4 is 21.9 Å². The van der Waals surface area contributed by atoms with E-state index in [9.17, 15) is 0 Å². The van der Waals surface area contributed by atoms with Gasteiger partial charge in [0.1, 0.15) is 11.2 Å². The molecule has 37 heavy (non-hydrogen) atoms. The third-order valence-electron chi connectivity index (χ3n) is 6.56. The standard InChI is InChI=1S/C33H21N3O/c1-2-10-22(11-3-1)29-21-30(27-16-9-15-26-25-14-4-5-18-31(25)37-32(26)27)36-33(35-29)24-13-8-12-23(20-24)28-17-6-7-19-34-28/h1-21H. The number of para-hydroxylation sites is 2. The molecule has 0 saturated heterocycles. The SMILES string of the molecule is c1ccc(-c2cc(-c3cccc4c3oc3ccccc34)nc(-c3cccc(-c4ccccn4)c3)n2)cc1. The van der Waals surface area contributed by atoms with Crippen LogP contribution in [0.5, 0.6) is 0 Å². The lowest BCUT2D eigenvalue weighted by Gasteiger charge is -2.10. The van der Waals surface area contributed by atoms with Crippen molar-refractivity contribution in [3.05, 3.63) is 128 Å². The molecule has 0 bridgehead atoms. The average molecular weight is 476 g/mol. The fraction of sp³-hybridized carbons (Fsp3) is 0. The van der Waals surface area contributed by atoms with Crippen LogP contribution in [0.15, 0.2) is 132 Å². The first-order valence-corrected chi connectivity index (χ1v) is 12.2. The summed E-state index contributed by atoms with van der Waals surface area (Å²) in [7, 11) is 0. The van der Waals surface area contributed by atoms with Crippen LogP contribution in [0.1, 0.15) is 0 Å². The summed E-state index contributed by atoms with van der Waals surface area (Å²) < 4.78 is 6.34. The Morgan fingerprint density at radius 2 is 1.22 bits per heavy atom. The van der Waals surface area contributed by atoms with Crippen LogP contribution in [0.4, 0.5) is 0 Å². The molecule has 4 nitrogen and oxygen atoms in total. The molecule has 4 aromatic carbocycles. The Labute approximate surface area is 213 Å². The number of nitrogens with zero attached hydrogens (tertiary/aromatic N) is 3. The minimum absolute atomic E-state index is 0.655. The molecule has 0 radical (unpaired) electrons. The van der Waals surface area contributed by atoms with Crippen molar-refractivity contribution in [2.24, 2.45) is 0 Å². The van der Waals surface area contributed by atoms with Gasteiger partial charge < -0.3 is 4.42 Å². The van der Waals surface area contributed by atoms with Crippen LogP contribution >= 0.6 is 0 Å². The summed E-state index contributed by atoms with van der Waals surface area (Å²) >= 11 is 0. The molecule has 0 aliphatic carbocycles. The lowest BCUT2D eigenvalue weighted by molar-refractivity contribution is 0.670. The first kappa shape index (κ1) is 21.2. The number of hydrogen-bond donors (Lipinski definition) is 0. The second-order valence-corrected chi connectivity index (χ2v) is 8.90. The monoisotopic (exact) mass is 475 g/mol. The van der Waals surface area contributed by atoms with E-state index in [-0.39, 0.29) is 0 Å². The third kappa shape index (κ3) is 3.85. The van der Waals surface area contributed by atoms with E-state index >= 15 is 0 Å². The van der Waals surface area contributed by atoms with Gasteiger partial charge in [0.25, 0.3) is 0 Å². The molecule has 0 aliphatic rings. The number of rotatable bonds is 4. The van der Waals surface area contributed by atoms with Crippen LogP contribution in [0.25, 0.3) is 67.1 Å². The highest BCUT2D eigenvalue weighted by Gasteiger charge is 2.16. The fourth-order valence-corrected chi connectivity index (χ4v) is 4.77. The minimum atomic E-state index is 0.655. The average Bonchev–Trinajstić information content (AvgIpc) is 3.37. The Morgan fingerprint density at radius 1 is 0.486 bits per heavy atom. The fourth-order valence-electron chi connectivity index (χ4n) is 4.77. The maximum atomic E-state index is 6.34. The highest BCUT2D eigenvalue weighted by Crippen LogP contribution is 2.37. The summed E-state index contributed by atoms with van der Waals surface area (Å²) in [5.41, 5.74) is 8.21. The quantitative estimate of drug-likeness (QED) is 0.256. The molecule has 174 valence electrons. The van der Waals surface area contributed by atoms with Gasteiger partial charge in [0.2, 0.25) is 0 Å². The van der Waals surface area contributed by atoms with E-state index in [1.807, 2.05) is 72.8 Å². The molecule has 0 unspecified atom stereocenters. The zero-order chi connectivity index (χ0) is 24.6. The predicted molar refractivity (Wildman–Crippen MR) is 149 cm³/mol. The summed E-state index contributed by atoms with van der Waals surface area (Å²) in [6.07, 6.45) is 1.81. The van der Waals surface area contributed by atoms with Crippen molar-refractivity contribution in [3.8, 4) is 45.2 Å². The molecular weight excluding hydrogens is 454 g/mol. The van der Waals surface area contributed by atoms with Gasteiger partial charge in [-0.25, -0.2) is 9.97 Å². The Balaban J connectivity index is 1.45. The number of furan rings is 1. The zero-order valence-electron chi connectivity index (χ0n) is 19.9. The van der Waals surface area contributed by atoms with Crippen molar-refractivity contribution in [1.29, 1.82) is 0 Å². The van der Waals surface area contributed by atoms with Gasteiger partial charge in [-0.1, -0.05) is 84.9 Å². The van der Waals surface area contributed by atoms with Crippen molar-refractivity contribution in [2.45, 2.75) is 0 Å². The first-order valence-electron chi connectivity index (χ1n) is 12.2. The summed E-state index contributed by atoms with van der Waals surface area (Å²) in [6, 6.07) is 40.7. The maximum Gasteiger partial charge on any atom is 0.160 e. The van der Waals surface area contributed by atoms with Gasteiger partial charge in [0.05, 0.1) is 17.1 Å². The van der Waals surface area contributed by atoms with Crippen LogP contribution in [0.2, 0.25) is 0 Å². The maximum absolute atomic E-state index is 6.34. The summed E-state index contributed by atoms with van der Waals surface area (Å²) in [5.74, 6) is 0.655. The molecule has 0 N–H and O–H groups in total. The second kappa shape index (κ2) is 8.85. The molecule has 0 atom stereocenters. The first-order chi connectivity index (χ1) is 18.3. The highest BCUT2D eigenvalue weighted by atomic mass is 16.3. The lowest BCUT2D eigenvalue weighted by Crippen LogP contribution is -1.96. The van der Waals surface area contributed by atoms with Crippen LogP contribution in [-0.2, 0) is 0 Å². The van der Waals surface area contributed by atoms with E-state index < -0.39 is 0 Å². The second-order valence-electron chi connectivity index (χ2n) is 8.90. The zero-order valence-corrected chi connectivity index (χ0v) is 19.9. The van der Waals surface area contributed by atoms with E-state index in [1.165, 1.54) is 0 Å². The van der Waals surface area contributed by atoms with Crippen LogP contribution in [0, 0.1) is 0 Å². The number of benzene rings is 4. The van der Waals surface area contributed by atoms with Gasteiger partial charge in [-0.05, 0) is 36.4 Å². The van der Waals surface area contributed by atoms with E-state index in [1.54, 1.807) is 6.20 Å². The molecular formula is C33H21N3O. The third-order valence-corrected chi connectivity index (χ3v) is 6.56. The largest absolute Gasteiger partial charge is 0.455 e. The summed E-state index contributed by atoms with van der Waals surface area (Å²) in [6.45, 7) is 0. The molecule has 7 rings (SSSR count). The summed E-state index contributed by atoms with van der Waals surface area (Å²) in [5, 5.41) is 2.17. The van der Waals surface area contributed by atoms with Crippen LogP contribution in [0.3, 0.4) is 0 Å². The van der Waals surface area contributed by atoms with E-state index in [0.29, 0.717) is 5.82 Å². The van der Waals surface area contributed by atoms with Gasteiger partial charge in [-0.15, -0.1) is 0 Å². The summed E-state index contributed by atoms with van der Waals surface area (Å²) in [4.78, 5) is 14.6. The Kier molecular flexibility index (Phi) is 5.07. The molecule has 0 amide bonds.